The standard InChI is InChI=1S/C18H17N3O2/c1-12-6-7-17(13(2)20-12)23-16-8-9-19-18(11-16)21-14-4-3-5-15(22)10-14/h3-11,22H,1-2H3,(H,19,21). The fourth-order valence-corrected chi connectivity index (χ4v) is 2.18. The molecule has 116 valence electrons. The smallest absolute Gasteiger partial charge is 0.148 e. The lowest BCUT2D eigenvalue weighted by Gasteiger charge is -2.10. The Kier molecular flexibility index (Phi) is 4.10. The molecular weight excluding hydrogens is 290 g/mol. The number of aromatic hydroxyl groups is 1. The Balaban J connectivity index is 1.79. The van der Waals surface area contributed by atoms with E-state index in [1.807, 2.05) is 32.0 Å². The van der Waals surface area contributed by atoms with Crippen LogP contribution in [0.2, 0.25) is 0 Å². The summed E-state index contributed by atoms with van der Waals surface area (Å²) in [5, 5.41) is 12.6. The molecule has 5 nitrogen and oxygen atoms in total. The van der Waals surface area contributed by atoms with Gasteiger partial charge >= 0.3 is 0 Å². The molecule has 0 saturated heterocycles. The number of aromatic nitrogens is 2. The van der Waals surface area contributed by atoms with Crippen LogP contribution in [0.4, 0.5) is 11.5 Å². The average Bonchev–Trinajstić information content (AvgIpc) is 2.51. The molecule has 0 unspecified atom stereocenters. The second-order valence-electron chi connectivity index (χ2n) is 5.19. The SMILES string of the molecule is Cc1ccc(Oc2ccnc(Nc3cccc(O)c3)c2)c(C)n1. The van der Waals surface area contributed by atoms with Crippen molar-refractivity contribution in [3.05, 3.63) is 66.1 Å². The Bertz CT molecular complexity index is 834. The molecule has 0 saturated carbocycles. The van der Waals surface area contributed by atoms with Gasteiger partial charge < -0.3 is 15.2 Å². The van der Waals surface area contributed by atoms with Crippen molar-refractivity contribution < 1.29 is 9.84 Å². The van der Waals surface area contributed by atoms with Crippen LogP contribution >= 0.6 is 0 Å². The maximum absolute atomic E-state index is 9.50. The van der Waals surface area contributed by atoms with E-state index in [-0.39, 0.29) is 5.75 Å². The van der Waals surface area contributed by atoms with E-state index in [0.717, 1.165) is 17.1 Å². The van der Waals surface area contributed by atoms with Gasteiger partial charge in [-0.05, 0) is 44.2 Å². The molecule has 0 bridgehead atoms. The van der Waals surface area contributed by atoms with Crippen molar-refractivity contribution in [1.82, 2.24) is 9.97 Å². The fourth-order valence-electron chi connectivity index (χ4n) is 2.18. The summed E-state index contributed by atoms with van der Waals surface area (Å²) in [5.41, 5.74) is 2.54. The number of ether oxygens (including phenoxy) is 1. The minimum absolute atomic E-state index is 0.198. The fraction of sp³-hybridized carbons (Fsp3) is 0.111. The van der Waals surface area contributed by atoms with Gasteiger partial charge in [-0.25, -0.2) is 4.98 Å². The van der Waals surface area contributed by atoms with E-state index in [1.165, 1.54) is 0 Å². The lowest BCUT2D eigenvalue weighted by Crippen LogP contribution is -1.95. The predicted molar refractivity (Wildman–Crippen MR) is 89.4 cm³/mol. The first-order valence-corrected chi connectivity index (χ1v) is 7.24. The third-order valence-electron chi connectivity index (χ3n) is 3.25. The molecular formula is C18H17N3O2. The summed E-state index contributed by atoms with van der Waals surface area (Å²) >= 11 is 0. The van der Waals surface area contributed by atoms with Crippen LogP contribution in [0.1, 0.15) is 11.4 Å². The monoisotopic (exact) mass is 307 g/mol. The van der Waals surface area contributed by atoms with Crippen LogP contribution in [0.15, 0.2) is 54.7 Å². The molecule has 0 aliphatic carbocycles. The van der Waals surface area contributed by atoms with E-state index in [4.69, 9.17) is 4.74 Å². The van der Waals surface area contributed by atoms with Crippen molar-refractivity contribution in [3.63, 3.8) is 0 Å². The van der Waals surface area contributed by atoms with Gasteiger partial charge in [0, 0.05) is 29.7 Å². The summed E-state index contributed by atoms with van der Waals surface area (Å²) in [4.78, 5) is 8.64. The molecule has 5 heteroatoms. The zero-order chi connectivity index (χ0) is 16.2. The number of nitrogens with zero attached hydrogens (tertiary/aromatic N) is 2. The number of aryl methyl sites for hydroxylation is 2. The van der Waals surface area contributed by atoms with Crippen LogP contribution in [-0.4, -0.2) is 15.1 Å². The van der Waals surface area contributed by atoms with Gasteiger partial charge in [0.1, 0.15) is 23.1 Å². The van der Waals surface area contributed by atoms with E-state index in [0.29, 0.717) is 17.3 Å². The Morgan fingerprint density at radius 3 is 2.70 bits per heavy atom. The third kappa shape index (κ3) is 3.77. The molecule has 2 heterocycles. The minimum Gasteiger partial charge on any atom is -0.508 e. The Morgan fingerprint density at radius 2 is 1.91 bits per heavy atom. The van der Waals surface area contributed by atoms with Crippen molar-refractivity contribution in [3.8, 4) is 17.2 Å². The van der Waals surface area contributed by atoms with Gasteiger partial charge in [0.15, 0.2) is 0 Å². The number of hydrogen-bond donors (Lipinski definition) is 2. The summed E-state index contributed by atoms with van der Waals surface area (Å²) in [6, 6.07) is 14.3. The van der Waals surface area contributed by atoms with E-state index in [2.05, 4.69) is 15.3 Å². The number of benzene rings is 1. The number of phenolic OH excluding ortho intramolecular Hbond substituents is 1. The maximum Gasteiger partial charge on any atom is 0.148 e. The largest absolute Gasteiger partial charge is 0.508 e. The van der Waals surface area contributed by atoms with Gasteiger partial charge in [-0.1, -0.05) is 6.07 Å². The highest BCUT2D eigenvalue weighted by atomic mass is 16.5. The zero-order valence-electron chi connectivity index (χ0n) is 12.9. The van der Waals surface area contributed by atoms with E-state index in [1.54, 1.807) is 36.5 Å². The van der Waals surface area contributed by atoms with Crippen molar-refractivity contribution in [2.45, 2.75) is 13.8 Å². The first kappa shape index (κ1) is 14.8. The van der Waals surface area contributed by atoms with E-state index >= 15 is 0 Å². The van der Waals surface area contributed by atoms with Gasteiger partial charge in [0.25, 0.3) is 0 Å². The molecule has 0 radical (unpaired) electrons. The summed E-state index contributed by atoms with van der Waals surface area (Å²) in [6.07, 6.45) is 1.66. The summed E-state index contributed by atoms with van der Waals surface area (Å²) in [6.45, 7) is 3.86. The number of phenols is 1. The summed E-state index contributed by atoms with van der Waals surface area (Å²) in [7, 11) is 0. The Morgan fingerprint density at radius 1 is 1.04 bits per heavy atom. The van der Waals surface area contributed by atoms with Crippen LogP contribution in [0.5, 0.6) is 17.2 Å². The van der Waals surface area contributed by atoms with Gasteiger partial charge in [-0.3, -0.25) is 4.98 Å². The highest BCUT2D eigenvalue weighted by Gasteiger charge is 2.05. The third-order valence-corrected chi connectivity index (χ3v) is 3.25. The number of rotatable bonds is 4. The van der Waals surface area contributed by atoms with Gasteiger partial charge in [-0.2, -0.15) is 0 Å². The van der Waals surface area contributed by atoms with Gasteiger partial charge in [0.2, 0.25) is 0 Å². The van der Waals surface area contributed by atoms with Crippen LogP contribution < -0.4 is 10.1 Å². The Hall–Kier alpha value is -3.08. The van der Waals surface area contributed by atoms with Gasteiger partial charge in [-0.15, -0.1) is 0 Å². The number of pyridine rings is 2. The van der Waals surface area contributed by atoms with Gasteiger partial charge in [0.05, 0.1) is 5.69 Å². The minimum atomic E-state index is 0.198. The van der Waals surface area contributed by atoms with Crippen LogP contribution in [0, 0.1) is 13.8 Å². The molecule has 0 amide bonds. The maximum atomic E-state index is 9.50. The molecule has 2 aromatic heterocycles. The molecule has 1 aromatic carbocycles. The summed E-state index contributed by atoms with van der Waals surface area (Å²) in [5.74, 6) is 2.20. The molecule has 3 rings (SSSR count). The first-order chi connectivity index (χ1) is 11.1. The predicted octanol–water partition coefficient (Wildman–Crippen LogP) is 4.33. The average molecular weight is 307 g/mol. The molecule has 0 atom stereocenters. The Labute approximate surface area is 134 Å². The lowest BCUT2D eigenvalue weighted by atomic mass is 10.3. The molecule has 0 spiro atoms. The molecule has 0 aliphatic heterocycles. The van der Waals surface area contributed by atoms with E-state index < -0.39 is 0 Å². The lowest BCUT2D eigenvalue weighted by molar-refractivity contribution is 0.475. The zero-order valence-corrected chi connectivity index (χ0v) is 12.9. The van der Waals surface area contributed by atoms with Crippen LogP contribution in [0.25, 0.3) is 0 Å². The van der Waals surface area contributed by atoms with Crippen molar-refractivity contribution in [2.75, 3.05) is 5.32 Å². The number of nitrogens with one attached hydrogen (secondary N) is 1. The molecule has 2 N–H and O–H groups in total. The van der Waals surface area contributed by atoms with Crippen molar-refractivity contribution in [1.29, 1.82) is 0 Å². The second kappa shape index (κ2) is 6.36. The van der Waals surface area contributed by atoms with Crippen LogP contribution in [0.3, 0.4) is 0 Å². The second-order valence-corrected chi connectivity index (χ2v) is 5.19. The number of anilines is 2. The van der Waals surface area contributed by atoms with Crippen LogP contribution in [-0.2, 0) is 0 Å². The molecule has 0 fully saturated rings. The molecule has 23 heavy (non-hydrogen) atoms. The topological polar surface area (TPSA) is 67.3 Å². The van der Waals surface area contributed by atoms with Crippen molar-refractivity contribution >= 4 is 11.5 Å². The molecule has 3 aromatic rings. The van der Waals surface area contributed by atoms with E-state index in [9.17, 15) is 5.11 Å². The highest BCUT2D eigenvalue weighted by molar-refractivity contribution is 5.59. The first-order valence-electron chi connectivity index (χ1n) is 7.24. The summed E-state index contributed by atoms with van der Waals surface area (Å²) < 4.78 is 5.87. The quantitative estimate of drug-likeness (QED) is 0.750. The molecule has 0 aliphatic rings. The number of hydrogen-bond acceptors (Lipinski definition) is 5. The van der Waals surface area contributed by atoms with Crippen molar-refractivity contribution in [2.24, 2.45) is 0 Å². The normalized spacial score (nSPS) is 10.3. The highest BCUT2D eigenvalue weighted by Crippen LogP contribution is 2.27.